The molecule has 0 aliphatic heterocycles. The average Bonchev–Trinajstić information content (AvgIpc) is 2.13. The highest BCUT2D eigenvalue weighted by molar-refractivity contribution is 5.82. The maximum Gasteiger partial charge on any atom is 0.227 e. The second kappa shape index (κ2) is 6.08. The molecule has 1 atom stereocenters. The predicted octanol–water partition coefficient (Wildman–Crippen LogP) is 0.495. The molecule has 15 heavy (non-hydrogen) atoms. The number of hydrogen-bond acceptors (Lipinski definition) is 3. The van der Waals surface area contributed by atoms with Crippen molar-refractivity contribution >= 4 is 5.91 Å². The molecule has 4 heteroatoms. The van der Waals surface area contributed by atoms with Gasteiger partial charge in [0.15, 0.2) is 0 Å². The van der Waals surface area contributed by atoms with Crippen molar-refractivity contribution in [2.45, 2.75) is 40.2 Å². The fourth-order valence-electron chi connectivity index (χ4n) is 1.17. The van der Waals surface area contributed by atoms with E-state index in [4.69, 9.17) is 5.73 Å². The van der Waals surface area contributed by atoms with Crippen molar-refractivity contribution in [3.05, 3.63) is 0 Å². The van der Waals surface area contributed by atoms with Gasteiger partial charge in [0, 0.05) is 13.1 Å². The van der Waals surface area contributed by atoms with E-state index in [0.717, 1.165) is 0 Å². The monoisotopic (exact) mass is 216 g/mol. The molecule has 0 aliphatic rings. The number of amides is 1. The molecule has 0 saturated heterocycles. The molecule has 0 aromatic heterocycles. The van der Waals surface area contributed by atoms with Gasteiger partial charge in [-0.1, -0.05) is 13.8 Å². The van der Waals surface area contributed by atoms with Crippen LogP contribution in [0.15, 0.2) is 0 Å². The molecule has 4 nitrogen and oxygen atoms in total. The van der Waals surface area contributed by atoms with Gasteiger partial charge in [0.05, 0.1) is 11.5 Å². The Morgan fingerprint density at radius 2 is 2.00 bits per heavy atom. The SMILES string of the molecule is CC(C)CC(O)CNC(=O)C(C)(C)CN. The van der Waals surface area contributed by atoms with E-state index in [1.165, 1.54) is 0 Å². The quantitative estimate of drug-likeness (QED) is 0.605. The van der Waals surface area contributed by atoms with Crippen LogP contribution < -0.4 is 11.1 Å². The molecule has 1 amide bonds. The first kappa shape index (κ1) is 14.4. The number of aliphatic hydroxyl groups is 1. The zero-order valence-corrected chi connectivity index (χ0v) is 10.2. The van der Waals surface area contributed by atoms with Gasteiger partial charge in [-0.15, -0.1) is 0 Å². The Hall–Kier alpha value is -0.610. The summed E-state index contributed by atoms with van der Waals surface area (Å²) in [4.78, 5) is 11.6. The highest BCUT2D eigenvalue weighted by Crippen LogP contribution is 2.12. The van der Waals surface area contributed by atoms with Crippen LogP contribution in [-0.2, 0) is 4.79 Å². The Kier molecular flexibility index (Phi) is 5.83. The number of aliphatic hydroxyl groups excluding tert-OH is 1. The zero-order chi connectivity index (χ0) is 12.1. The van der Waals surface area contributed by atoms with Gasteiger partial charge in [0.25, 0.3) is 0 Å². The van der Waals surface area contributed by atoms with Crippen LogP contribution in [0.4, 0.5) is 0 Å². The standard InChI is InChI=1S/C11H24N2O2/c1-8(2)5-9(14)6-13-10(15)11(3,4)7-12/h8-9,14H,5-7,12H2,1-4H3,(H,13,15). The lowest BCUT2D eigenvalue weighted by Crippen LogP contribution is -2.44. The van der Waals surface area contributed by atoms with Gasteiger partial charge >= 0.3 is 0 Å². The van der Waals surface area contributed by atoms with Gasteiger partial charge in [-0.3, -0.25) is 4.79 Å². The molecule has 0 spiro atoms. The normalized spacial score (nSPS) is 14.1. The molecule has 0 rings (SSSR count). The fourth-order valence-corrected chi connectivity index (χ4v) is 1.17. The molecule has 0 aromatic carbocycles. The summed E-state index contributed by atoms with van der Waals surface area (Å²) >= 11 is 0. The van der Waals surface area contributed by atoms with Crippen LogP contribution in [-0.4, -0.2) is 30.2 Å². The van der Waals surface area contributed by atoms with Gasteiger partial charge in [-0.05, 0) is 26.2 Å². The maximum atomic E-state index is 11.6. The van der Waals surface area contributed by atoms with Gasteiger partial charge in [0.1, 0.15) is 0 Å². The van der Waals surface area contributed by atoms with Crippen molar-refractivity contribution in [1.29, 1.82) is 0 Å². The number of nitrogens with one attached hydrogen (secondary N) is 1. The third-order valence-electron chi connectivity index (χ3n) is 2.37. The molecule has 0 aromatic rings. The third-order valence-corrected chi connectivity index (χ3v) is 2.37. The molecule has 0 saturated carbocycles. The Bertz CT molecular complexity index is 203. The van der Waals surface area contributed by atoms with Crippen molar-refractivity contribution in [1.82, 2.24) is 5.32 Å². The second-order valence-electron chi connectivity index (χ2n) is 5.08. The van der Waals surface area contributed by atoms with Crippen LogP contribution >= 0.6 is 0 Å². The predicted molar refractivity (Wildman–Crippen MR) is 61.3 cm³/mol. The summed E-state index contributed by atoms with van der Waals surface area (Å²) in [7, 11) is 0. The molecule has 0 aliphatic carbocycles. The summed E-state index contributed by atoms with van der Waals surface area (Å²) in [6, 6.07) is 0. The zero-order valence-electron chi connectivity index (χ0n) is 10.2. The van der Waals surface area contributed by atoms with Gasteiger partial charge in [0.2, 0.25) is 5.91 Å². The molecule has 0 bridgehead atoms. The number of carbonyl (C=O) groups is 1. The summed E-state index contributed by atoms with van der Waals surface area (Å²) in [5.74, 6) is 0.326. The maximum absolute atomic E-state index is 11.6. The minimum Gasteiger partial charge on any atom is -0.391 e. The molecule has 1 unspecified atom stereocenters. The molecule has 4 N–H and O–H groups in total. The smallest absolute Gasteiger partial charge is 0.227 e. The Morgan fingerprint density at radius 3 is 2.40 bits per heavy atom. The summed E-state index contributed by atoms with van der Waals surface area (Å²) in [6.07, 6.45) is 0.228. The largest absolute Gasteiger partial charge is 0.391 e. The average molecular weight is 216 g/mol. The van der Waals surface area contributed by atoms with E-state index in [2.05, 4.69) is 5.32 Å². The Morgan fingerprint density at radius 1 is 1.47 bits per heavy atom. The van der Waals surface area contributed by atoms with Crippen molar-refractivity contribution in [2.75, 3.05) is 13.1 Å². The molecule has 0 fully saturated rings. The first-order chi connectivity index (χ1) is 6.79. The summed E-state index contributed by atoms with van der Waals surface area (Å²) < 4.78 is 0. The van der Waals surface area contributed by atoms with Gasteiger partial charge in [-0.2, -0.15) is 0 Å². The third kappa shape index (κ3) is 5.74. The molecule has 0 heterocycles. The van der Waals surface area contributed by atoms with Crippen molar-refractivity contribution in [3.63, 3.8) is 0 Å². The van der Waals surface area contributed by atoms with Crippen LogP contribution in [0, 0.1) is 11.3 Å². The van der Waals surface area contributed by atoms with E-state index in [1.54, 1.807) is 13.8 Å². The lowest BCUT2D eigenvalue weighted by Gasteiger charge is -2.22. The van der Waals surface area contributed by atoms with Crippen LogP contribution in [0.3, 0.4) is 0 Å². The van der Waals surface area contributed by atoms with E-state index >= 15 is 0 Å². The minimum absolute atomic E-state index is 0.104. The Labute approximate surface area is 92.2 Å². The molecule has 90 valence electrons. The molecule has 0 radical (unpaired) electrons. The lowest BCUT2D eigenvalue weighted by molar-refractivity contribution is -0.129. The van der Waals surface area contributed by atoms with Gasteiger partial charge in [-0.25, -0.2) is 0 Å². The summed E-state index contributed by atoms with van der Waals surface area (Å²) in [5.41, 5.74) is 4.91. The highest BCUT2D eigenvalue weighted by Gasteiger charge is 2.25. The number of nitrogens with two attached hydrogens (primary N) is 1. The van der Waals surface area contributed by atoms with Crippen LogP contribution in [0.5, 0.6) is 0 Å². The Balaban J connectivity index is 3.90. The minimum atomic E-state index is -0.558. The lowest BCUT2D eigenvalue weighted by atomic mass is 9.92. The first-order valence-electron chi connectivity index (χ1n) is 5.46. The number of carbonyl (C=O) groups excluding carboxylic acids is 1. The van der Waals surface area contributed by atoms with Crippen LogP contribution in [0.2, 0.25) is 0 Å². The van der Waals surface area contributed by atoms with Crippen molar-refractivity contribution < 1.29 is 9.90 Å². The van der Waals surface area contributed by atoms with E-state index in [-0.39, 0.29) is 5.91 Å². The highest BCUT2D eigenvalue weighted by atomic mass is 16.3. The summed E-state index contributed by atoms with van der Waals surface area (Å²) in [6.45, 7) is 8.26. The topological polar surface area (TPSA) is 75.3 Å². The molecular formula is C11H24N2O2. The number of rotatable bonds is 6. The van der Waals surface area contributed by atoms with Crippen LogP contribution in [0.25, 0.3) is 0 Å². The van der Waals surface area contributed by atoms with Gasteiger partial charge < -0.3 is 16.2 Å². The number of hydrogen-bond donors (Lipinski definition) is 3. The first-order valence-corrected chi connectivity index (χ1v) is 5.46. The van der Waals surface area contributed by atoms with E-state index in [1.807, 2.05) is 13.8 Å². The van der Waals surface area contributed by atoms with Crippen molar-refractivity contribution in [3.8, 4) is 0 Å². The van der Waals surface area contributed by atoms with E-state index in [9.17, 15) is 9.90 Å². The van der Waals surface area contributed by atoms with Crippen LogP contribution in [0.1, 0.15) is 34.1 Å². The van der Waals surface area contributed by atoms with E-state index in [0.29, 0.717) is 25.4 Å². The molecular weight excluding hydrogens is 192 g/mol. The van der Waals surface area contributed by atoms with Crippen molar-refractivity contribution in [2.24, 2.45) is 17.1 Å². The fraction of sp³-hybridized carbons (Fsp3) is 0.909. The summed E-state index contributed by atoms with van der Waals surface area (Å²) in [5, 5.41) is 12.3. The van der Waals surface area contributed by atoms with E-state index < -0.39 is 11.5 Å². The second-order valence-corrected chi connectivity index (χ2v) is 5.08.